The number of hydrogen-bond donors (Lipinski definition) is 0. The first-order valence-corrected chi connectivity index (χ1v) is 7.76. The molecule has 0 aromatic heterocycles. The van der Waals surface area contributed by atoms with Crippen LogP contribution in [-0.2, 0) is 13.8 Å². The molecule has 0 aliphatic carbocycles. The van der Waals surface area contributed by atoms with E-state index in [1.807, 2.05) is 0 Å². The molecule has 0 amide bonds. The Morgan fingerprint density at radius 1 is 1.44 bits per heavy atom. The second-order valence-corrected chi connectivity index (χ2v) is 6.55. The predicted octanol–water partition coefficient (Wildman–Crippen LogP) is 2.31. The van der Waals surface area contributed by atoms with Crippen molar-refractivity contribution in [3.63, 3.8) is 0 Å². The average molecular weight is 295 g/mol. The molecule has 18 heavy (non-hydrogen) atoms. The molecule has 1 aromatic carbocycles. The van der Waals surface area contributed by atoms with Crippen molar-refractivity contribution in [2.24, 2.45) is 0 Å². The van der Waals surface area contributed by atoms with Crippen molar-refractivity contribution in [2.75, 3.05) is 13.2 Å². The number of halogens is 2. The lowest BCUT2D eigenvalue weighted by atomic mass is 10.2. The molecule has 4 nitrogen and oxygen atoms in total. The fourth-order valence-corrected chi connectivity index (χ4v) is 2.48. The second-order valence-electron chi connectivity index (χ2n) is 3.99. The summed E-state index contributed by atoms with van der Waals surface area (Å²) >= 11 is 0. The maximum atomic E-state index is 13.6. The first-order chi connectivity index (χ1) is 8.47. The zero-order valence-electron chi connectivity index (χ0n) is 9.43. The molecule has 0 saturated carbocycles. The van der Waals surface area contributed by atoms with E-state index in [0.29, 0.717) is 13.2 Å². The lowest BCUT2D eigenvalue weighted by molar-refractivity contribution is 0.00584. The summed E-state index contributed by atoms with van der Waals surface area (Å²) in [4.78, 5) is -0.283. The van der Waals surface area contributed by atoms with Crippen molar-refractivity contribution in [1.82, 2.24) is 0 Å². The number of rotatable bonds is 3. The Bertz CT molecular complexity index is 526. The monoisotopic (exact) mass is 294 g/mol. The molecule has 1 aliphatic heterocycles. The van der Waals surface area contributed by atoms with Gasteiger partial charge in [0.15, 0.2) is 11.6 Å². The number of benzene rings is 1. The summed E-state index contributed by atoms with van der Waals surface area (Å²) in [5.41, 5.74) is 0. The van der Waals surface area contributed by atoms with Gasteiger partial charge in [-0.3, -0.25) is 0 Å². The minimum atomic E-state index is -3.92. The van der Waals surface area contributed by atoms with Gasteiger partial charge in [-0.2, -0.15) is 0 Å². The maximum Gasteiger partial charge on any atom is 0.261 e. The molecule has 1 unspecified atom stereocenters. The summed E-state index contributed by atoms with van der Waals surface area (Å²) in [6, 6.07) is 3.32. The summed E-state index contributed by atoms with van der Waals surface area (Å²) in [6.07, 6.45) is 1.45. The van der Waals surface area contributed by atoms with Crippen molar-refractivity contribution >= 4 is 19.7 Å². The van der Waals surface area contributed by atoms with Crippen LogP contribution in [0.4, 0.5) is 4.39 Å². The predicted molar refractivity (Wildman–Crippen MR) is 63.9 cm³/mol. The fourth-order valence-electron chi connectivity index (χ4n) is 1.71. The van der Waals surface area contributed by atoms with Crippen LogP contribution in [0, 0.1) is 5.82 Å². The molecule has 0 N–H and O–H groups in total. The van der Waals surface area contributed by atoms with Gasteiger partial charge in [-0.1, -0.05) is 0 Å². The zero-order valence-corrected chi connectivity index (χ0v) is 11.0. The Balaban J connectivity index is 2.14. The van der Waals surface area contributed by atoms with E-state index < -0.39 is 14.9 Å². The minimum absolute atomic E-state index is 0.00886. The third kappa shape index (κ3) is 3.34. The molecule has 2 rings (SSSR count). The highest BCUT2D eigenvalue weighted by Crippen LogP contribution is 2.25. The molecular weight excluding hydrogens is 283 g/mol. The van der Waals surface area contributed by atoms with E-state index in [1.54, 1.807) is 0 Å². The van der Waals surface area contributed by atoms with Crippen LogP contribution in [0.15, 0.2) is 23.1 Å². The van der Waals surface area contributed by atoms with E-state index in [1.165, 1.54) is 12.1 Å². The van der Waals surface area contributed by atoms with Crippen molar-refractivity contribution < 1.29 is 22.3 Å². The highest BCUT2D eigenvalue weighted by molar-refractivity contribution is 8.13. The molecule has 0 bridgehead atoms. The van der Waals surface area contributed by atoms with Crippen molar-refractivity contribution in [3.8, 4) is 5.75 Å². The second kappa shape index (κ2) is 5.42. The first kappa shape index (κ1) is 13.6. The van der Waals surface area contributed by atoms with Crippen molar-refractivity contribution in [2.45, 2.75) is 23.8 Å². The third-order valence-electron chi connectivity index (χ3n) is 2.60. The highest BCUT2D eigenvalue weighted by Gasteiger charge is 2.19. The fraction of sp³-hybridized carbons (Fsp3) is 0.455. The van der Waals surface area contributed by atoms with Gasteiger partial charge < -0.3 is 9.47 Å². The summed E-state index contributed by atoms with van der Waals surface area (Å²) in [6.45, 7) is 1.10. The van der Waals surface area contributed by atoms with E-state index in [2.05, 4.69) is 0 Å². The van der Waals surface area contributed by atoms with Crippen LogP contribution >= 0.6 is 10.7 Å². The van der Waals surface area contributed by atoms with Crippen LogP contribution in [0.5, 0.6) is 5.75 Å². The molecule has 0 radical (unpaired) electrons. The van der Waals surface area contributed by atoms with Crippen LogP contribution in [0.1, 0.15) is 12.8 Å². The van der Waals surface area contributed by atoms with Crippen LogP contribution in [0.2, 0.25) is 0 Å². The summed E-state index contributed by atoms with van der Waals surface area (Å²) < 4.78 is 46.3. The molecule has 1 fully saturated rings. The quantitative estimate of drug-likeness (QED) is 0.803. The minimum Gasteiger partial charge on any atom is -0.485 e. The molecule has 1 aliphatic rings. The zero-order chi connectivity index (χ0) is 13.2. The van der Waals surface area contributed by atoms with Gasteiger partial charge in [0.2, 0.25) is 0 Å². The first-order valence-electron chi connectivity index (χ1n) is 5.45. The average Bonchev–Trinajstić information content (AvgIpc) is 2.32. The molecule has 1 saturated heterocycles. The number of ether oxygens (including phenoxy) is 2. The van der Waals surface area contributed by atoms with E-state index in [0.717, 1.165) is 18.9 Å². The Hall–Kier alpha value is -0.850. The van der Waals surface area contributed by atoms with Gasteiger partial charge in [-0.15, -0.1) is 0 Å². The van der Waals surface area contributed by atoms with E-state index in [-0.39, 0.29) is 16.7 Å². The van der Waals surface area contributed by atoms with Crippen LogP contribution in [0.3, 0.4) is 0 Å². The van der Waals surface area contributed by atoms with Crippen LogP contribution < -0.4 is 4.74 Å². The lowest BCUT2D eigenvalue weighted by Gasteiger charge is -2.23. The summed E-state index contributed by atoms with van der Waals surface area (Å²) in [5.74, 6) is -0.739. The van der Waals surface area contributed by atoms with E-state index in [4.69, 9.17) is 20.2 Å². The van der Waals surface area contributed by atoms with Gasteiger partial charge in [-0.05, 0) is 31.0 Å². The topological polar surface area (TPSA) is 52.6 Å². The van der Waals surface area contributed by atoms with Gasteiger partial charge in [-0.25, -0.2) is 12.8 Å². The Labute approximate surface area is 109 Å². The van der Waals surface area contributed by atoms with E-state index in [9.17, 15) is 12.8 Å². The molecule has 1 aromatic rings. The highest BCUT2D eigenvalue weighted by atomic mass is 35.7. The third-order valence-corrected chi connectivity index (χ3v) is 3.95. The lowest BCUT2D eigenvalue weighted by Crippen LogP contribution is -2.28. The number of hydrogen-bond acceptors (Lipinski definition) is 4. The Kier molecular flexibility index (Phi) is 4.09. The SMILES string of the molecule is O=S(=O)(Cl)c1ccc(OC2CCCOC2)c(F)c1. The smallest absolute Gasteiger partial charge is 0.261 e. The van der Waals surface area contributed by atoms with Gasteiger partial charge in [0, 0.05) is 17.3 Å². The standard InChI is InChI=1S/C11H12ClFO4S/c12-18(14,15)9-3-4-11(10(13)6-9)17-8-2-1-5-16-7-8/h3-4,6,8H,1-2,5,7H2. The van der Waals surface area contributed by atoms with E-state index >= 15 is 0 Å². The van der Waals surface area contributed by atoms with Gasteiger partial charge in [0.25, 0.3) is 9.05 Å². The normalized spacial score (nSPS) is 20.7. The van der Waals surface area contributed by atoms with Gasteiger partial charge in [0.1, 0.15) is 6.10 Å². The molecule has 1 heterocycles. The van der Waals surface area contributed by atoms with Crippen molar-refractivity contribution in [3.05, 3.63) is 24.0 Å². The van der Waals surface area contributed by atoms with Crippen LogP contribution in [0.25, 0.3) is 0 Å². The summed E-state index contributed by atoms with van der Waals surface area (Å²) in [5, 5.41) is 0. The maximum absolute atomic E-state index is 13.6. The molecular formula is C11H12ClFO4S. The molecule has 0 spiro atoms. The molecule has 7 heteroatoms. The van der Waals surface area contributed by atoms with Crippen molar-refractivity contribution in [1.29, 1.82) is 0 Å². The Morgan fingerprint density at radius 3 is 2.78 bits per heavy atom. The largest absolute Gasteiger partial charge is 0.485 e. The van der Waals surface area contributed by atoms with Crippen LogP contribution in [-0.4, -0.2) is 27.7 Å². The molecule has 1 atom stereocenters. The summed E-state index contributed by atoms with van der Waals surface area (Å²) in [7, 11) is 1.20. The Morgan fingerprint density at radius 2 is 2.22 bits per heavy atom. The molecule has 100 valence electrons. The van der Waals surface area contributed by atoms with Gasteiger partial charge >= 0.3 is 0 Å². The van der Waals surface area contributed by atoms with Gasteiger partial charge in [0.05, 0.1) is 11.5 Å².